The number of carbonyl (C=O) groups is 1. The Bertz CT molecular complexity index is 767. The van der Waals surface area contributed by atoms with Crippen LogP contribution in [0.5, 0.6) is 0 Å². The molecule has 1 aromatic heterocycles. The first kappa shape index (κ1) is 18.5. The van der Waals surface area contributed by atoms with E-state index < -0.39 is 17.6 Å². The number of rotatable bonds is 4. The van der Waals surface area contributed by atoms with Crippen LogP contribution in [-0.2, 0) is 17.6 Å². The van der Waals surface area contributed by atoms with Crippen LogP contribution in [-0.4, -0.2) is 10.9 Å². The molecule has 0 atom stereocenters. The molecule has 4 nitrogen and oxygen atoms in total. The van der Waals surface area contributed by atoms with Gasteiger partial charge < -0.3 is 0 Å². The standard InChI is InChI=1S/C15H11Cl2F3N2O2/c1-8-10(3-2-4-11(8)16)14(23)22-24-7-13-12(17)5-9(6-21-13)15(18,19)20/h2-6H,7H2,1H3,(H,22,23). The lowest BCUT2D eigenvalue weighted by molar-refractivity contribution is -0.137. The van der Waals surface area contributed by atoms with Crippen molar-refractivity contribution in [3.63, 3.8) is 0 Å². The van der Waals surface area contributed by atoms with Crippen molar-refractivity contribution in [1.29, 1.82) is 0 Å². The summed E-state index contributed by atoms with van der Waals surface area (Å²) in [5.41, 5.74) is 2.16. The molecule has 0 bridgehead atoms. The third-order valence-electron chi connectivity index (χ3n) is 3.13. The predicted molar refractivity (Wildman–Crippen MR) is 82.7 cm³/mol. The van der Waals surface area contributed by atoms with Crippen LogP contribution in [0.4, 0.5) is 13.2 Å². The summed E-state index contributed by atoms with van der Waals surface area (Å²) in [5, 5.41) is 0.216. The van der Waals surface area contributed by atoms with Crippen molar-refractivity contribution in [2.45, 2.75) is 19.7 Å². The molecule has 0 aliphatic heterocycles. The molecular weight excluding hydrogens is 368 g/mol. The Balaban J connectivity index is 1.99. The Morgan fingerprint density at radius 3 is 2.62 bits per heavy atom. The minimum absolute atomic E-state index is 0.0628. The van der Waals surface area contributed by atoms with Crippen LogP contribution in [0.15, 0.2) is 30.5 Å². The van der Waals surface area contributed by atoms with E-state index >= 15 is 0 Å². The van der Waals surface area contributed by atoms with E-state index in [2.05, 4.69) is 10.5 Å². The zero-order valence-electron chi connectivity index (χ0n) is 12.2. The lowest BCUT2D eigenvalue weighted by atomic mass is 10.1. The van der Waals surface area contributed by atoms with Crippen LogP contribution < -0.4 is 5.48 Å². The second-order valence-corrected chi connectivity index (χ2v) is 5.60. The van der Waals surface area contributed by atoms with Gasteiger partial charge in [0.05, 0.1) is 16.3 Å². The first-order valence-electron chi connectivity index (χ1n) is 6.59. The molecule has 2 rings (SSSR count). The molecule has 1 amide bonds. The van der Waals surface area contributed by atoms with Gasteiger partial charge in [-0.1, -0.05) is 29.3 Å². The second kappa shape index (κ2) is 7.38. The van der Waals surface area contributed by atoms with Crippen molar-refractivity contribution >= 4 is 29.1 Å². The van der Waals surface area contributed by atoms with E-state index in [9.17, 15) is 18.0 Å². The van der Waals surface area contributed by atoms with Crippen LogP contribution >= 0.6 is 23.2 Å². The SMILES string of the molecule is Cc1c(Cl)cccc1C(=O)NOCc1ncc(C(F)(F)F)cc1Cl. The molecule has 0 spiro atoms. The Kier molecular flexibility index (Phi) is 5.69. The molecule has 24 heavy (non-hydrogen) atoms. The molecule has 1 N–H and O–H groups in total. The topological polar surface area (TPSA) is 51.2 Å². The first-order chi connectivity index (χ1) is 11.2. The van der Waals surface area contributed by atoms with Crippen molar-refractivity contribution in [2.24, 2.45) is 0 Å². The van der Waals surface area contributed by atoms with Crippen molar-refractivity contribution in [2.75, 3.05) is 0 Å². The number of halogens is 5. The quantitative estimate of drug-likeness (QED) is 0.792. The van der Waals surface area contributed by atoms with Gasteiger partial charge in [-0.25, -0.2) is 5.48 Å². The molecular formula is C15H11Cl2F3N2O2. The molecule has 0 radical (unpaired) electrons. The fourth-order valence-corrected chi connectivity index (χ4v) is 2.20. The number of nitrogens with one attached hydrogen (secondary N) is 1. The third-order valence-corrected chi connectivity index (χ3v) is 3.87. The van der Waals surface area contributed by atoms with Gasteiger partial charge in [-0.15, -0.1) is 0 Å². The van der Waals surface area contributed by atoms with Crippen molar-refractivity contribution in [3.8, 4) is 0 Å². The lowest BCUT2D eigenvalue weighted by Crippen LogP contribution is -2.24. The number of amides is 1. The monoisotopic (exact) mass is 378 g/mol. The fourth-order valence-electron chi connectivity index (χ4n) is 1.81. The number of benzene rings is 1. The van der Waals surface area contributed by atoms with E-state index in [0.29, 0.717) is 22.3 Å². The Morgan fingerprint density at radius 1 is 1.29 bits per heavy atom. The molecule has 0 aliphatic carbocycles. The van der Waals surface area contributed by atoms with Crippen molar-refractivity contribution in [1.82, 2.24) is 10.5 Å². The molecule has 1 heterocycles. The zero-order valence-corrected chi connectivity index (χ0v) is 13.8. The van der Waals surface area contributed by atoms with Crippen LogP contribution in [0, 0.1) is 6.92 Å². The average Bonchev–Trinajstić information content (AvgIpc) is 2.50. The van der Waals surface area contributed by atoms with E-state index in [4.69, 9.17) is 28.0 Å². The Labute approximate surface area is 145 Å². The number of nitrogens with zero attached hydrogens (tertiary/aromatic N) is 1. The second-order valence-electron chi connectivity index (χ2n) is 4.78. The van der Waals surface area contributed by atoms with Gasteiger partial charge in [0.25, 0.3) is 5.91 Å². The number of hydrogen-bond acceptors (Lipinski definition) is 3. The van der Waals surface area contributed by atoms with E-state index in [-0.39, 0.29) is 17.3 Å². The highest BCUT2D eigenvalue weighted by Crippen LogP contribution is 2.31. The first-order valence-corrected chi connectivity index (χ1v) is 7.34. The highest BCUT2D eigenvalue weighted by molar-refractivity contribution is 6.32. The van der Waals surface area contributed by atoms with Gasteiger partial charge in [-0.3, -0.25) is 14.6 Å². The number of carbonyl (C=O) groups excluding carboxylic acids is 1. The maximum atomic E-state index is 12.5. The van der Waals surface area contributed by atoms with Gasteiger partial charge in [0.2, 0.25) is 0 Å². The molecule has 0 saturated carbocycles. The molecule has 2 aromatic rings. The van der Waals surface area contributed by atoms with Crippen LogP contribution in [0.25, 0.3) is 0 Å². The fraction of sp³-hybridized carbons (Fsp3) is 0.200. The average molecular weight is 379 g/mol. The minimum Gasteiger partial charge on any atom is -0.267 e. The number of pyridine rings is 1. The van der Waals surface area contributed by atoms with Crippen LogP contribution in [0.2, 0.25) is 10.0 Å². The summed E-state index contributed by atoms with van der Waals surface area (Å²) in [6.45, 7) is 1.38. The van der Waals surface area contributed by atoms with Gasteiger partial charge in [0, 0.05) is 16.8 Å². The summed E-state index contributed by atoms with van der Waals surface area (Å²) in [6, 6.07) is 5.55. The largest absolute Gasteiger partial charge is 0.417 e. The van der Waals surface area contributed by atoms with E-state index in [0.717, 1.165) is 6.07 Å². The van der Waals surface area contributed by atoms with Crippen molar-refractivity contribution in [3.05, 3.63) is 62.9 Å². The van der Waals surface area contributed by atoms with E-state index in [1.165, 1.54) is 0 Å². The normalized spacial score (nSPS) is 11.4. The van der Waals surface area contributed by atoms with Gasteiger partial charge in [0.15, 0.2) is 0 Å². The summed E-state index contributed by atoms with van der Waals surface area (Å²) < 4.78 is 37.6. The number of alkyl halides is 3. The van der Waals surface area contributed by atoms with Gasteiger partial charge in [0.1, 0.15) is 6.61 Å². The maximum Gasteiger partial charge on any atom is 0.417 e. The van der Waals surface area contributed by atoms with Crippen LogP contribution in [0.1, 0.15) is 27.2 Å². The zero-order chi connectivity index (χ0) is 17.9. The summed E-state index contributed by atoms with van der Waals surface area (Å²) in [5.74, 6) is -0.543. The predicted octanol–water partition coefficient (Wildman–Crippen LogP) is 4.58. The molecule has 9 heteroatoms. The van der Waals surface area contributed by atoms with Gasteiger partial charge >= 0.3 is 6.18 Å². The number of hydroxylamine groups is 1. The summed E-state index contributed by atoms with van der Waals surface area (Å²) >= 11 is 11.7. The number of aromatic nitrogens is 1. The van der Waals surface area contributed by atoms with Gasteiger partial charge in [-0.05, 0) is 30.7 Å². The Hall–Kier alpha value is -1.83. The van der Waals surface area contributed by atoms with Gasteiger partial charge in [-0.2, -0.15) is 13.2 Å². The minimum atomic E-state index is -4.53. The lowest BCUT2D eigenvalue weighted by Gasteiger charge is -2.11. The summed E-state index contributed by atoms with van der Waals surface area (Å²) in [4.78, 5) is 20.5. The highest BCUT2D eigenvalue weighted by Gasteiger charge is 2.31. The smallest absolute Gasteiger partial charge is 0.267 e. The molecule has 0 unspecified atom stereocenters. The van der Waals surface area contributed by atoms with Crippen LogP contribution in [0.3, 0.4) is 0 Å². The molecule has 1 aromatic carbocycles. The number of hydrogen-bond donors (Lipinski definition) is 1. The summed E-state index contributed by atoms with van der Waals surface area (Å²) in [6.07, 6.45) is -3.89. The maximum absolute atomic E-state index is 12.5. The molecule has 0 fully saturated rings. The van der Waals surface area contributed by atoms with E-state index in [1.54, 1.807) is 25.1 Å². The molecule has 0 saturated heterocycles. The van der Waals surface area contributed by atoms with Crippen molar-refractivity contribution < 1.29 is 22.8 Å². The van der Waals surface area contributed by atoms with E-state index in [1.807, 2.05) is 0 Å². The molecule has 128 valence electrons. The Morgan fingerprint density at radius 2 is 2.00 bits per heavy atom. The molecule has 0 aliphatic rings. The summed E-state index contributed by atoms with van der Waals surface area (Å²) in [7, 11) is 0. The third kappa shape index (κ3) is 4.37. The highest BCUT2D eigenvalue weighted by atomic mass is 35.5.